The fraction of sp³-hybridized carbons (Fsp3) is 0.542. The van der Waals surface area contributed by atoms with Gasteiger partial charge in [-0.15, -0.1) is 0 Å². The average Bonchev–Trinajstić information content (AvgIpc) is 3.26. The normalized spacial score (nSPS) is 16.4. The van der Waals surface area contributed by atoms with Crippen LogP contribution < -0.4 is 0 Å². The van der Waals surface area contributed by atoms with Gasteiger partial charge in [-0.1, -0.05) is 25.5 Å². The summed E-state index contributed by atoms with van der Waals surface area (Å²) in [6.07, 6.45) is 6.08. The molecule has 3 rings (SSSR count). The van der Waals surface area contributed by atoms with Gasteiger partial charge in [0.05, 0.1) is 11.6 Å². The number of carbonyl (C=O) groups excluding carboxylic acids is 2. The number of likely N-dealkylation sites (tertiary alicyclic amines) is 1. The Morgan fingerprint density at radius 1 is 1.26 bits per heavy atom. The third-order valence-corrected chi connectivity index (χ3v) is 5.99. The van der Waals surface area contributed by atoms with E-state index in [0.29, 0.717) is 13.0 Å². The van der Waals surface area contributed by atoms with Crippen molar-refractivity contribution in [3.05, 3.63) is 41.8 Å². The molecule has 2 aromatic rings. The van der Waals surface area contributed by atoms with E-state index in [4.69, 9.17) is 0 Å². The summed E-state index contributed by atoms with van der Waals surface area (Å²) in [6.45, 7) is 3.93. The lowest BCUT2D eigenvalue weighted by molar-refractivity contribution is -0.139. The second-order valence-corrected chi connectivity index (χ2v) is 8.39. The third-order valence-electron chi connectivity index (χ3n) is 5.99. The van der Waals surface area contributed by atoms with E-state index >= 15 is 0 Å². The Kier molecular flexibility index (Phi) is 8.20. The van der Waals surface area contributed by atoms with Gasteiger partial charge in [0, 0.05) is 44.4 Å². The van der Waals surface area contributed by atoms with Crippen LogP contribution in [0.15, 0.2) is 30.3 Å². The molecule has 7 heteroatoms. The highest BCUT2D eigenvalue weighted by Crippen LogP contribution is 2.21. The molecule has 1 aliphatic heterocycles. The van der Waals surface area contributed by atoms with Gasteiger partial charge < -0.3 is 9.80 Å². The van der Waals surface area contributed by atoms with Crippen LogP contribution in [0.25, 0.3) is 11.3 Å². The molecule has 1 aromatic heterocycles. The molecule has 1 fully saturated rings. The number of aromatic nitrogens is 2. The number of benzene rings is 1. The van der Waals surface area contributed by atoms with E-state index in [1.807, 2.05) is 35.9 Å². The largest absolute Gasteiger partial charge is 0.345 e. The van der Waals surface area contributed by atoms with Crippen molar-refractivity contribution in [1.82, 2.24) is 20.0 Å². The van der Waals surface area contributed by atoms with Crippen molar-refractivity contribution in [1.29, 1.82) is 0 Å². The predicted octanol–water partition coefficient (Wildman–Crippen LogP) is 4.04. The number of carbonyl (C=O) groups is 2. The molecule has 0 aliphatic carbocycles. The van der Waals surface area contributed by atoms with Crippen molar-refractivity contribution in [2.45, 2.75) is 51.9 Å². The van der Waals surface area contributed by atoms with Crippen molar-refractivity contribution >= 4 is 11.8 Å². The highest BCUT2D eigenvalue weighted by Gasteiger charge is 2.29. The van der Waals surface area contributed by atoms with Gasteiger partial charge in [-0.25, -0.2) is 4.39 Å². The summed E-state index contributed by atoms with van der Waals surface area (Å²) in [4.78, 5) is 28.3. The topological polar surface area (TPSA) is 69.3 Å². The van der Waals surface area contributed by atoms with E-state index in [1.54, 1.807) is 6.07 Å². The zero-order valence-electron chi connectivity index (χ0n) is 18.6. The van der Waals surface area contributed by atoms with Crippen LogP contribution in [0.5, 0.6) is 0 Å². The van der Waals surface area contributed by atoms with Crippen molar-refractivity contribution in [2.75, 3.05) is 26.7 Å². The fourth-order valence-electron chi connectivity index (χ4n) is 4.18. The Morgan fingerprint density at radius 3 is 2.87 bits per heavy atom. The van der Waals surface area contributed by atoms with Crippen LogP contribution in [0.4, 0.5) is 4.39 Å². The van der Waals surface area contributed by atoms with Gasteiger partial charge in [-0.05, 0) is 50.3 Å². The third kappa shape index (κ3) is 6.39. The van der Waals surface area contributed by atoms with Crippen LogP contribution >= 0.6 is 0 Å². The van der Waals surface area contributed by atoms with Gasteiger partial charge in [-0.3, -0.25) is 14.7 Å². The fourth-order valence-corrected chi connectivity index (χ4v) is 4.18. The molecule has 1 aliphatic rings. The second kappa shape index (κ2) is 11.1. The van der Waals surface area contributed by atoms with E-state index in [2.05, 4.69) is 10.2 Å². The predicted molar refractivity (Wildman–Crippen MR) is 119 cm³/mol. The maximum Gasteiger partial charge on any atom is 0.227 e. The quantitative estimate of drug-likeness (QED) is 0.613. The molecule has 1 aromatic carbocycles. The number of rotatable bonds is 9. The molecular formula is C24H33FN4O2. The minimum absolute atomic E-state index is 0.0690. The first-order valence-electron chi connectivity index (χ1n) is 11.3. The molecule has 2 heterocycles. The van der Waals surface area contributed by atoms with Crippen LogP contribution in [0.2, 0.25) is 0 Å². The number of H-pyrrole nitrogens is 1. The molecule has 2 amide bonds. The van der Waals surface area contributed by atoms with Crippen molar-refractivity contribution in [3.63, 3.8) is 0 Å². The number of hydrogen-bond donors (Lipinski definition) is 1. The maximum absolute atomic E-state index is 13.4. The lowest BCUT2D eigenvalue weighted by Crippen LogP contribution is -2.45. The highest BCUT2D eigenvalue weighted by atomic mass is 19.1. The number of nitrogens with zero attached hydrogens (tertiary/aromatic N) is 3. The summed E-state index contributed by atoms with van der Waals surface area (Å²) < 4.78 is 13.4. The van der Waals surface area contributed by atoms with Crippen LogP contribution in [0, 0.1) is 11.7 Å². The molecule has 168 valence electrons. The van der Waals surface area contributed by atoms with E-state index in [9.17, 15) is 14.0 Å². The Balaban J connectivity index is 1.37. The number of halogens is 1. The van der Waals surface area contributed by atoms with Gasteiger partial charge in [0.25, 0.3) is 0 Å². The number of amides is 2. The number of aryl methyl sites for hydroxylation is 1. The molecule has 0 radical (unpaired) electrons. The first-order chi connectivity index (χ1) is 15.0. The monoisotopic (exact) mass is 428 g/mol. The van der Waals surface area contributed by atoms with Crippen LogP contribution in [-0.4, -0.2) is 58.5 Å². The molecule has 0 spiro atoms. The molecule has 1 N–H and O–H groups in total. The first-order valence-corrected chi connectivity index (χ1v) is 11.3. The lowest BCUT2D eigenvalue weighted by Gasteiger charge is -2.34. The molecule has 6 nitrogen and oxygen atoms in total. The summed E-state index contributed by atoms with van der Waals surface area (Å²) >= 11 is 0. The van der Waals surface area contributed by atoms with Gasteiger partial charge in [-0.2, -0.15) is 5.10 Å². The Hall–Kier alpha value is -2.70. The van der Waals surface area contributed by atoms with Gasteiger partial charge >= 0.3 is 0 Å². The van der Waals surface area contributed by atoms with E-state index in [0.717, 1.165) is 68.6 Å². The summed E-state index contributed by atoms with van der Waals surface area (Å²) in [5.41, 5.74) is 2.55. The lowest BCUT2D eigenvalue weighted by atomic mass is 9.96. The number of piperidine rings is 1. The summed E-state index contributed by atoms with van der Waals surface area (Å²) in [6, 6.07) is 8.41. The zero-order chi connectivity index (χ0) is 22.2. The minimum Gasteiger partial charge on any atom is -0.345 e. The average molecular weight is 429 g/mol. The van der Waals surface area contributed by atoms with Crippen LogP contribution in [-0.2, 0) is 16.0 Å². The Morgan fingerprint density at radius 2 is 2.10 bits per heavy atom. The Labute approximate surface area is 183 Å². The van der Waals surface area contributed by atoms with Gasteiger partial charge in [0.2, 0.25) is 11.8 Å². The Bertz CT molecular complexity index is 882. The zero-order valence-corrected chi connectivity index (χ0v) is 18.6. The van der Waals surface area contributed by atoms with E-state index in [1.165, 1.54) is 12.1 Å². The summed E-state index contributed by atoms with van der Waals surface area (Å²) in [5, 5.41) is 7.32. The molecule has 1 atom stereocenters. The first kappa shape index (κ1) is 23.0. The number of nitrogens with one attached hydrogen (secondary N) is 1. The van der Waals surface area contributed by atoms with Gasteiger partial charge in [0.15, 0.2) is 0 Å². The molecular weight excluding hydrogens is 395 g/mol. The second-order valence-electron chi connectivity index (χ2n) is 8.39. The molecule has 1 saturated heterocycles. The summed E-state index contributed by atoms with van der Waals surface area (Å²) in [5.74, 6) is -0.0412. The molecule has 1 unspecified atom stereocenters. The minimum atomic E-state index is -0.265. The van der Waals surface area contributed by atoms with E-state index in [-0.39, 0.29) is 23.5 Å². The van der Waals surface area contributed by atoms with Crippen molar-refractivity contribution in [3.8, 4) is 11.3 Å². The van der Waals surface area contributed by atoms with Gasteiger partial charge in [0.1, 0.15) is 5.82 Å². The number of unbranched alkanes of at least 4 members (excludes halogenated alkanes) is 2. The molecule has 31 heavy (non-hydrogen) atoms. The van der Waals surface area contributed by atoms with Crippen LogP contribution in [0.1, 0.15) is 51.1 Å². The standard InChI is InChI=1S/C24H33FN4O2/c1-3-23(30)29-14-8-10-19(17-29)24(31)28(2)13-6-4-5-12-21-16-22(27-26-21)18-9-7-11-20(25)15-18/h7,9,11,15-16,19H,3-6,8,10,12-14,17H2,1-2H3,(H,26,27). The summed E-state index contributed by atoms with van der Waals surface area (Å²) in [7, 11) is 1.86. The van der Waals surface area contributed by atoms with Crippen molar-refractivity contribution < 1.29 is 14.0 Å². The SMILES string of the molecule is CCC(=O)N1CCCC(C(=O)N(C)CCCCCc2cc(-c3cccc(F)c3)n[nH]2)C1. The maximum atomic E-state index is 13.4. The number of aromatic amines is 1. The smallest absolute Gasteiger partial charge is 0.227 e. The van der Waals surface area contributed by atoms with Crippen molar-refractivity contribution in [2.24, 2.45) is 5.92 Å². The highest BCUT2D eigenvalue weighted by molar-refractivity contribution is 5.81. The molecule has 0 bridgehead atoms. The van der Waals surface area contributed by atoms with E-state index < -0.39 is 0 Å². The van der Waals surface area contributed by atoms with Crippen LogP contribution in [0.3, 0.4) is 0 Å². The number of hydrogen-bond acceptors (Lipinski definition) is 3. The molecule has 0 saturated carbocycles.